The largest absolute Gasteiger partial charge is 0.465 e. The number of rotatable bonds is 2. The van der Waals surface area contributed by atoms with E-state index in [0.29, 0.717) is 5.92 Å². The molecule has 2 atom stereocenters. The van der Waals surface area contributed by atoms with Gasteiger partial charge in [0.25, 0.3) is 0 Å². The predicted octanol–water partition coefficient (Wildman–Crippen LogP) is 3.25. The fraction of sp³-hybridized carbons (Fsp3) is 0.571. The standard InChI is InChI=1S/C14H18O2/c1-2-15-13-9-11-7-3-5-10-6-4-8-12(16-13)14(10)11/h4,6,8,11,13H,2-3,5,7,9H2,1H3/t11-,13-/m0/s1. The van der Waals surface area contributed by atoms with Crippen LogP contribution in [0.2, 0.25) is 0 Å². The molecule has 1 aromatic carbocycles. The number of benzene rings is 1. The molecule has 0 amide bonds. The maximum absolute atomic E-state index is 5.90. The summed E-state index contributed by atoms with van der Waals surface area (Å²) in [6.45, 7) is 2.75. The van der Waals surface area contributed by atoms with Crippen LogP contribution >= 0.6 is 0 Å². The Hall–Kier alpha value is -1.02. The lowest BCUT2D eigenvalue weighted by Gasteiger charge is -2.35. The number of hydrogen-bond acceptors (Lipinski definition) is 2. The Labute approximate surface area is 96.6 Å². The summed E-state index contributed by atoms with van der Waals surface area (Å²) in [7, 11) is 0. The summed E-state index contributed by atoms with van der Waals surface area (Å²) in [6.07, 6.45) is 4.80. The van der Waals surface area contributed by atoms with Gasteiger partial charge in [-0.3, -0.25) is 0 Å². The van der Waals surface area contributed by atoms with Gasteiger partial charge in [-0.2, -0.15) is 0 Å². The Kier molecular flexibility index (Phi) is 2.60. The van der Waals surface area contributed by atoms with Gasteiger partial charge < -0.3 is 9.47 Å². The number of ether oxygens (including phenoxy) is 2. The molecule has 86 valence electrons. The minimum atomic E-state index is -0.0316. The van der Waals surface area contributed by atoms with E-state index >= 15 is 0 Å². The third kappa shape index (κ3) is 1.61. The summed E-state index contributed by atoms with van der Waals surface area (Å²) in [4.78, 5) is 0. The molecule has 2 heteroatoms. The van der Waals surface area contributed by atoms with Crippen LogP contribution in [0.1, 0.15) is 43.2 Å². The Balaban J connectivity index is 1.96. The molecule has 0 saturated carbocycles. The summed E-state index contributed by atoms with van der Waals surface area (Å²) < 4.78 is 11.5. The van der Waals surface area contributed by atoms with Gasteiger partial charge in [0.2, 0.25) is 0 Å². The summed E-state index contributed by atoms with van der Waals surface area (Å²) in [6, 6.07) is 6.43. The van der Waals surface area contributed by atoms with Crippen molar-refractivity contribution in [1.82, 2.24) is 0 Å². The third-order valence-corrected chi connectivity index (χ3v) is 3.65. The molecule has 16 heavy (non-hydrogen) atoms. The molecule has 1 aromatic rings. The van der Waals surface area contributed by atoms with Crippen LogP contribution < -0.4 is 4.74 Å². The van der Waals surface area contributed by atoms with Gasteiger partial charge in [-0.05, 0) is 43.7 Å². The highest BCUT2D eigenvalue weighted by Crippen LogP contribution is 2.44. The first-order chi connectivity index (χ1) is 7.88. The molecule has 0 N–H and O–H groups in total. The maximum Gasteiger partial charge on any atom is 0.200 e. The van der Waals surface area contributed by atoms with E-state index in [4.69, 9.17) is 9.47 Å². The van der Waals surface area contributed by atoms with E-state index < -0.39 is 0 Å². The van der Waals surface area contributed by atoms with Crippen LogP contribution in [0, 0.1) is 0 Å². The van der Waals surface area contributed by atoms with Crippen molar-refractivity contribution in [3.05, 3.63) is 29.3 Å². The maximum atomic E-state index is 5.90. The molecule has 0 fully saturated rings. The third-order valence-electron chi connectivity index (χ3n) is 3.65. The van der Waals surface area contributed by atoms with E-state index in [1.165, 1.54) is 30.4 Å². The van der Waals surface area contributed by atoms with Gasteiger partial charge in [0.15, 0.2) is 6.29 Å². The van der Waals surface area contributed by atoms with Crippen LogP contribution in [0.15, 0.2) is 18.2 Å². The van der Waals surface area contributed by atoms with E-state index in [9.17, 15) is 0 Å². The normalized spacial score (nSPS) is 27.1. The Bertz CT molecular complexity index is 386. The smallest absolute Gasteiger partial charge is 0.200 e. The van der Waals surface area contributed by atoms with Crippen LogP contribution in [-0.4, -0.2) is 12.9 Å². The molecule has 0 spiro atoms. The topological polar surface area (TPSA) is 18.5 Å². The Morgan fingerprint density at radius 3 is 3.25 bits per heavy atom. The highest BCUT2D eigenvalue weighted by atomic mass is 16.7. The van der Waals surface area contributed by atoms with Crippen molar-refractivity contribution in [1.29, 1.82) is 0 Å². The van der Waals surface area contributed by atoms with Gasteiger partial charge in [-0.25, -0.2) is 0 Å². The fourth-order valence-electron chi connectivity index (χ4n) is 3.00. The van der Waals surface area contributed by atoms with E-state index in [0.717, 1.165) is 18.8 Å². The fourth-order valence-corrected chi connectivity index (χ4v) is 3.00. The van der Waals surface area contributed by atoms with Crippen molar-refractivity contribution in [2.45, 2.75) is 44.8 Å². The predicted molar refractivity (Wildman–Crippen MR) is 62.8 cm³/mol. The molecule has 1 aliphatic carbocycles. The monoisotopic (exact) mass is 218 g/mol. The zero-order valence-electron chi connectivity index (χ0n) is 9.74. The summed E-state index contributed by atoms with van der Waals surface area (Å²) in [5, 5.41) is 0. The molecule has 0 aromatic heterocycles. The molecule has 0 radical (unpaired) electrons. The summed E-state index contributed by atoms with van der Waals surface area (Å²) in [5.41, 5.74) is 2.95. The first-order valence-corrected chi connectivity index (χ1v) is 6.28. The lowest BCUT2D eigenvalue weighted by molar-refractivity contribution is -0.0928. The molecule has 1 heterocycles. The first-order valence-electron chi connectivity index (χ1n) is 6.28. The molecule has 2 aliphatic rings. The van der Waals surface area contributed by atoms with Gasteiger partial charge in [0.05, 0.1) is 0 Å². The first kappa shape index (κ1) is 10.2. The highest BCUT2D eigenvalue weighted by Gasteiger charge is 2.32. The van der Waals surface area contributed by atoms with Crippen molar-refractivity contribution >= 4 is 0 Å². The van der Waals surface area contributed by atoms with Gasteiger partial charge in [0.1, 0.15) is 5.75 Å². The van der Waals surface area contributed by atoms with Crippen LogP contribution in [0.3, 0.4) is 0 Å². The van der Waals surface area contributed by atoms with Gasteiger partial charge >= 0.3 is 0 Å². The average molecular weight is 218 g/mol. The Morgan fingerprint density at radius 2 is 2.38 bits per heavy atom. The van der Waals surface area contributed by atoms with E-state index in [1.807, 2.05) is 6.92 Å². The van der Waals surface area contributed by atoms with Crippen LogP contribution in [0.25, 0.3) is 0 Å². The van der Waals surface area contributed by atoms with Crippen molar-refractivity contribution in [2.24, 2.45) is 0 Å². The lowest BCUT2D eigenvalue weighted by Crippen LogP contribution is -2.30. The average Bonchev–Trinajstić information content (AvgIpc) is 2.30. The molecule has 3 rings (SSSR count). The summed E-state index contributed by atoms with van der Waals surface area (Å²) >= 11 is 0. The van der Waals surface area contributed by atoms with E-state index in [1.54, 1.807) is 0 Å². The van der Waals surface area contributed by atoms with Gasteiger partial charge in [-0.1, -0.05) is 12.1 Å². The highest BCUT2D eigenvalue weighted by molar-refractivity contribution is 5.45. The van der Waals surface area contributed by atoms with E-state index in [-0.39, 0.29) is 6.29 Å². The van der Waals surface area contributed by atoms with Crippen LogP contribution in [0.5, 0.6) is 5.75 Å². The van der Waals surface area contributed by atoms with Crippen molar-refractivity contribution in [2.75, 3.05) is 6.61 Å². The number of hydrogen-bond donors (Lipinski definition) is 0. The molecule has 0 bridgehead atoms. The number of aryl methyl sites for hydroxylation is 1. The second kappa shape index (κ2) is 4.10. The summed E-state index contributed by atoms with van der Waals surface area (Å²) in [5.74, 6) is 1.72. The van der Waals surface area contributed by atoms with E-state index in [2.05, 4.69) is 18.2 Å². The SMILES string of the molecule is CCO[C@@H]1C[C@@H]2CCCc3cccc(c32)O1. The molecule has 2 nitrogen and oxygen atoms in total. The van der Waals surface area contributed by atoms with Crippen LogP contribution in [-0.2, 0) is 11.2 Å². The molecular formula is C14H18O2. The lowest BCUT2D eigenvalue weighted by atomic mass is 9.79. The minimum absolute atomic E-state index is 0.0316. The molecular weight excluding hydrogens is 200 g/mol. The van der Waals surface area contributed by atoms with Crippen molar-refractivity contribution in [3.8, 4) is 5.75 Å². The zero-order valence-corrected chi connectivity index (χ0v) is 9.74. The van der Waals surface area contributed by atoms with Gasteiger partial charge in [0, 0.05) is 18.6 Å². The van der Waals surface area contributed by atoms with Crippen LogP contribution in [0.4, 0.5) is 0 Å². The molecule has 1 aliphatic heterocycles. The second-order valence-corrected chi connectivity index (χ2v) is 4.66. The minimum Gasteiger partial charge on any atom is -0.465 e. The Morgan fingerprint density at radius 1 is 1.44 bits per heavy atom. The quantitative estimate of drug-likeness (QED) is 0.758. The molecule has 0 unspecified atom stereocenters. The van der Waals surface area contributed by atoms with Crippen molar-refractivity contribution < 1.29 is 9.47 Å². The zero-order chi connectivity index (χ0) is 11.0. The molecule has 0 saturated heterocycles. The van der Waals surface area contributed by atoms with Crippen molar-refractivity contribution in [3.63, 3.8) is 0 Å². The second-order valence-electron chi connectivity index (χ2n) is 4.66. The van der Waals surface area contributed by atoms with Gasteiger partial charge in [-0.15, -0.1) is 0 Å².